The van der Waals surface area contributed by atoms with Crippen molar-refractivity contribution < 1.29 is 36.0 Å². The highest BCUT2D eigenvalue weighted by Crippen LogP contribution is 2.49. The molecule has 4 nitrogen and oxygen atoms in total. The van der Waals surface area contributed by atoms with Crippen molar-refractivity contribution in [2.45, 2.75) is 24.4 Å². The smallest absolute Gasteiger partial charge is 0.399 e. The van der Waals surface area contributed by atoms with Crippen molar-refractivity contribution in [2.75, 3.05) is 5.73 Å². The molecule has 0 bridgehead atoms. The molecule has 1 aliphatic rings. The number of carbonyl (C=O) groups excluding carboxylic acids is 1. The SMILES string of the molecule is Nc1ccc(C2=NOC(c3cc(Cl)cc(Cl)c3)(C(F)(F)F)C2)cc1.O=CC(F)(F)F. The minimum Gasteiger partial charge on any atom is -0.399 e. The minimum absolute atomic E-state index is 0.0886. The molecule has 0 amide bonds. The van der Waals surface area contributed by atoms with Crippen LogP contribution in [0.4, 0.5) is 32.0 Å². The van der Waals surface area contributed by atoms with E-state index in [0.717, 1.165) is 0 Å². The highest BCUT2D eigenvalue weighted by Gasteiger charge is 2.62. The van der Waals surface area contributed by atoms with Gasteiger partial charge in [0.1, 0.15) is 0 Å². The number of aldehydes is 1. The fraction of sp³-hybridized carbons (Fsp3) is 0.222. The largest absolute Gasteiger partial charge is 0.446 e. The highest BCUT2D eigenvalue weighted by atomic mass is 35.5. The van der Waals surface area contributed by atoms with Crippen LogP contribution in [0.15, 0.2) is 47.6 Å². The number of anilines is 1. The topological polar surface area (TPSA) is 64.7 Å². The molecule has 162 valence electrons. The summed E-state index contributed by atoms with van der Waals surface area (Å²) >= 11 is 11.7. The average Bonchev–Trinajstić information content (AvgIpc) is 3.08. The van der Waals surface area contributed by atoms with E-state index in [1.165, 1.54) is 18.2 Å². The monoisotopic (exact) mass is 472 g/mol. The summed E-state index contributed by atoms with van der Waals surface area (Å²) in [6.45, 7) is 0. The van der Waals surface area contributed by atoms with E-state index in [-0.39, 0.29) is 21.3 Å². The molecule has 0 spiro atoms. The highest BCUT2D eigenvalue weighted by molar-refractivity contribution is 6.34. The first-order valence-electron chi connectivity index (χ1n) is 7.95. The third-order valence-corrected chi connectivity index (χ3v) is 4.33. The number of hydrogen-bond acceptors (Lipinski definition) is 4. The van der Waals surface area contributed by atoms with Gasteiger partial charge in [-0.3, -0.25) is 4.79 Å². The van der Waals surface area contributed by atoms with Crippen LogP contribution in [0.3, 0.4) is 0 Å². The Bertz CT molecular complexity index is 925. The van der Waals surface area contributed by atoms with Gasteiger partial charge in [-0.2, -0.15) is 26.3 Å². The zero-order valence-corrected chi connectivity index (χ0v) is 16.2. The summed E-state index contributed by atoms with van der Waals surface area (Å²) < 4.78 is 72.7. The van der Waals surface area contributed by atoms with Gasteiger partial charge in [-0.15, -0.1) is 0 Å². The summed E-state index contributed by atoms with van der Waals surface area (Å²) in [5.74, 6) is 0. The summed E-state index contributed by atoms with van der Waals surface area (Å²) in [4.78, 5) is 13.6. The second kappa shape index (κ2) is 8.73. The molecule has 1 unspecified atom stereocenters. The zero-order chi connectivity index (χ0) is 22.7. The Labute approximate surface area is 176 Å². The number of benzene rings is 2. The summed E-state index contributed by atoms with van der Waals surface area (Å²) in [6, 6.07) is 10.1. The van der Waals surface area contributed by atoms with Crippen LogP contribution >= 0.6 is 23.2 Å². The number of nitrogens with zero attached hydrogens (tertiary/aromatic N) is 1. The third kappa shape index (κ3) is 5.57. The molecule has 0 radical (unpaired) electrons. The van der Waals surface area contributed by atoms with E-state index in [0.29, 0.717) is 11.3 Å². The van der Waals surface area contributed by atoms with Crippen molar-refractivity contribution in [1.29, 1.82) is 0 Å². The van der Waals surface area contributed by atoms with Gasteiger partial charge < -0.3 is 10.6 Å². The number of hydrogen-bond donors (Lipinski definition) is 1. The van der Waals surface area contributed by atoms with Gasteiger partial charge in [-0.25, -0.2) is 0 Å². The summed E-state index contributed by atoms with van der Waals surface area (Å²) in [6.07, 6.45) is -10.9. The van der Waals surface area contributed by atoms with E-state index in [9.17, 15) is 26.3 Å². The lowest BCUT2D eigenvalue weighted by atomic mass is 9.86. The number of alkyl halides is 6. The second-order valence-electron chi connectivity index (χ2n) is 6.07. The average molecular weight is 473 g/mol. The van der Waals surface area contributed by atoms with Gasteiger partial charge in [-0.05, 0) is 35.9 Å². The molecule has 2 N–H and O–H groups in total. The van der Waals surface area contributed by atoms with E-state index >= 15 is 0 Å². The number of rotatable bonds is 2. The van der Waals surface area contributed by atoms with Crippen LogP contribution in [0, 0.1) is 0 Å². The Balaban J connectivity index is 0.000000469. The first-order chi connectivity index (χ1) is 13.8. The molecule has 2 aromatic carbocycles. The van der Waals surface area contributed by atoms with Crippen LogP contribution in [-0.2, 0) is 15.2 Å². The van der Waals surface area contributed by atoms with E-state index in [1.807, 2.05) is 0 Å². The van der Waals surface area contributed by atoms with Gasteiger partial charge in [0.25, 0.3) is 5.60 Å². The van der Waals surface area contributed by atoms with Gasteiger partial charge in [0.2, 0.25) is 6.29 Å². The lowest BCUT2D eigenvalue weighted by molar-refractivity contribution is -0.275. The maximum Gasteiger partial charge on any atom is 0.446 e. The molecule has 12 heteroatoms. The Morgan fingerprint density at radius 2 is 1.50 bits per heavy atom. The molecule has 0 fully saturated rings. The zero-order valence-electron chi connectivity index (χ0n) is 14.7. The first kappa shape index (κ1) is 23.8. The number of oxime groups is 1. The molecule has 0 aromatic heterocycles. The quantitative estimate of drug-likeness (QED) is 0.336. The van der Waals surface area contributed by atoms with E-state index in [4.69, 9.17) is 38.6 Å². The van der Waals surface area contributed by atoms with Crippen molar-refractivity contribution in [3.63, 3.8) is 0 Å². The normalized spacial score (nSPS) is 18.7. The predicted octanol–water partition coefficient (Wildman–Crippen LogP) is 5.91. The van der Waals surface area contributed by atoms with Crippen molar-refractivity contribution in [3.8, 4) is 0 Å². The molecule has 0 aliphatic carbocycles. The predicted molar refractivity (Wildman–Crippen MR) is 99.4 cm³/mol. The van der Waals surface area contributed by atoms with Gasteiger partial charge >= 0.3 is 12.4 Å². The Morgan fingerprint density at radius 3 is 1.93 bits per heavy atom. The van der Waals surface area contributed by atoms with Gasteiger partial charge in [0, 0.05) is 27.7 Å². The number of nitrogens with two attached hydrogens (primary N) is 1. The summed E-state index contributed by atoms with van der Waals surface area (Å²) in [5, 5.41) is 3.84. The minimum atomic E-state index is -4.71. The van der Waals surface area contributed by atoms with Crippen LogP contribution in [0.1, 0.15) is 17.5 Å². The van der Waals surface area contributed by atoms with E-state index in [1.54, 1.807) is 24.3 Å². The molecular formula is C18H12Cl2F6N2O2. The molecule has 1 aliphatic heterocycles. The van der Waals surface area contributed by atoms with Crippen molar-refractivity contribution in [3.05, 3.63) is 63.6 Å². The van der Waals surface area contributed by atoms with Crippen LogP contribution in [-0.4, -0.2) is 24.4 Å². The molecule has 1 heterocycles. The van der Waals surface area contributed by atoms with Crippen LogP contribution in [0.25, 0.3) is 0 Å². The van der Waals surface area contributed by atoms with Crippen molar-refractivity contribution >= 4 is 40.9 Å². The fourth-order valence-corrected chi connectivity index (χ4v) is 3.05. The number of carbonyl (C=O) groups is 1. The van der Waals surface area contributed by atoms with Crippen molar-refractivity contribution in [1.82, 2.24) is 0 Å². The third-order valence-electron chi connectivity index (χ3n) is 3.89. The first-order valence-corrected chi connectivity index (χ1v) is 8.70. The van der Waals surface area contributed by atoms with E-state index in [2.05, 4.69) is 5.16 Å². The lowest BCUT2D eigenvalue weighted by Crippen LogP contribution is -2.42. The molecule has 30 heavy (non-hydrogen) atoms. The van der Waals surface area contributed by atoms with Crippen LogP contribution < -0.4 is 5.73 Å². The number of nitrogen functional groups attached to an aromatic ring is 1. The van der Waals surface area contributed by atoms with Gasteiger partial charge in [-0.1, -0.05) is 40.5 Å². The Kier molecular flexibility index (Phi) is 6.93. The molecule has 3 rings (SSSR count). The molecular weight excluding hydrogens is 461 g/mol. The summed E-state index contributed by atoms with van der Waals surface area (Å²) in [7, 11) is 0. The maximum atomic E-state index is 13.8. The Morgan fingerprint density at radius 1 is 1.00 bits per heavy atom. The second-order valence-corrected chi connectivity index (χ2v) is 6.94. The summed E-state index contributed by atoms with van der Waals surface area (Å²) in [5.41, 5.74) is 3.95. The van der Waals surface area contributed by atoms with Gasteiger partial charge in [0.15, 0.2) is 0 Å². The molecule has 2 aromatic rings. The lowest BCUT2D eigenvalue weighted by Gasteiger charge is -2.29. The van der Waals surface area contributed by atoms with Crippen LogP contribution in [0.5, 0.6) is 0 Å². The van der Waals surface area contributed by atoms with E-state index < -0.39 is 30.7 Å². The standard InChI is InChI=1S/C16H11Cl2F3N2O.C2HF3O/c17-11-5-10(6-12(18)7-11)15(16(19,20)21)8-14(23-24-15)9-1-3-13(22)4-2-9;3-2(4,5)1-6/h1-7H,8,22H2;1H. The van der Waals surface area contributed by atoms with Crippen molar-refractivity contribution in [2.24, 2.45) is 5.16 Å². The maximum absolute atomic E-state index is 13.8. The van der Waals surface area contributed by atoms with Gasteiger partial charge in [0.05, 0.1) is 5.71 Å². The number of halogens is 8. The molecule has 0 saturated carbocycles. The molecule has 1 atom stereocenters. The fourth-order valence-electron chi connectivity index (χ4n) is 2.52. The van der Waals surface area contributed by atoms with Crippen LogP contribution in [0.2, 0.25) is 10.0 Å². The molecule has 0 saturated heterocycles. The Hall–Kier alpha value is -2.46.